The number of aromatic nitrogens is 1. The van der Waals surface area contributed by atoms with Gasteiger partial charge in [-0.15, -0.1) is 5.69 Å². The molecule has 1 radical (unpaired) electrons. The molecule has 1 aromatic heterocycles. The van der Waals surface area contributed by atoms with E-state index < -0.39 is 0 Å². The molecule has 3 aliphatic rings. The van der Waals surface area contributed by atoms with Gasteiger partial charge >= 0.3 is 0 Å². The van der Waals surface area contributed by atoms with Crippen molar-refractivity contribution in [3.63, 3.8) is 0 Å². The van der Waals surface area contributed by atoms with Gasteiger partial charge in [-0.05, 0) is 42.9 Å². The van der Waals surface area contributed by atoms with E-state index in [1.54, 1.807) is 0 Å². The average molecular weight is 396 g/mol. The normalized spacial score (nSPS) is 28.6. The Labute approximate surface area is 171 Å². The third kappa shape index (κ3) is 1.59. The van der Waals surface area contributed by atoms with E-state index in [-0.39, 0.29) is 49.0 Å². The summed E-state index contributed by atoms with van der Waals surface area (Å²) in [4.78, 5) is 10.0. The predicted molar refractivity (Wildman–Crippen MR) is 96.9 cm³/mol. The molecule has 0 spiro atoms. The smallest absolute Gasteiger partial charge is 0.0700 e. The molecule has 1 unspecified atom stereocenters. The molecule has 0 amide bonds. The molecule has 2 nitrogen and oxygen atoms in total. The molecule has 3 heteroatoms. The Hall–Kier alpha value is -0.466. The van der Waals surface area contributed by atoms with Crippen LogP contribution >= 0.6 is 0 Å². The first-order valence-electron chi connectivity index (χ1n) is 8.64. The van der Waals surface area contributed by atoms with E-state index in [1.807, 2.05) is 0 Å². The SMILES string of the molecule is CC1=NC2=C3c4[n-]c(C)c(C)c4C(C)(C)C3(C)C(C)(C)C2=C1C.[Y]. The van der Waals surface area contributed by atoms with Crippen LogP contribution in [0.1, 0.15) is 71.0 Å². The van der Waals surface area contributed by atoms with Crippen molar-refractivity contribution in [1.29, 1.82) is 0 Å². The summed E-state index contributed by atoms with van der Waals surface area (Å²) in [5, 5.41) is 0. The number of fused-ring (bicyclic) bond motifs is 4. The van der Waals surface area contributed by atoms with Gasteiger partial charge in [-0.1, -0.05) is 52.7 Å². The van der Waals surface area contributed by atoms with E-state index in [4.69, 9.17) is 9.98 Å². The Balaban J connectivity index is 0.00000169. The van der Waals surface area contributed by atoms with E-state index in [0.717, 1.165) is 0 Å². The van der Waals surface area contributed by atoms with Crippen LogP contribution in [-0.2, 0) is 38.1 Å². The molecular weight excluding hydrogens is 369 g/mol. The van der Waals surface area contributed by atoms with Crippen molar-refractivity contribution in [2.75, 3.05) is 0 Å². The Bertz CT molecular complexity index is 874. The summed E-state index contributed by atoms with van der Waals surface area (Å²) in [7, 11) is 0. The van der Waals surface area contributed by atoms with Gasteiger partial charge in [0.1, 0.15) is 0 Å². The topological polar surface area (TPSA) is 26.5 Å². The Morgan fingerprint density at radius 3 is 2.00 bits per heavy atom. The van der Waals surface area contributed by atoms with Crippen LogP contribution < -0.4 is 4.98 Å². The summed E-state index contributed by atoms with van der Waals surface area (Å²) in [6.07, 6.45) is 0. The second kappa shape index (κ2) is 4.83. The number of rotatable bonds is 0. The number of aliphatic imine (C=N–C) groups is 1. The largest absolute Gasteiger partial charge is 0.661 e. The number of nitrogens with zero attached hydrogens (tertiary/aromatic N) is 2. The molecular formula is C21H27N2Y-. The molecule has 2 aliphatic carbocycles. The van der Waals surface area contributed by atoms with Gasteiger partial charge in [-0.25, -0.2) is 0 Å². The van der Waals surface area contributed by atoms with Gasteiger partial charge in [0.05, 0.1) is 5.70 Å². The van der Waals surface area contributed by atoms with E-state index in [0.29, 0.717) is 0 Å². The van der Waals surface area contributed by atoms with Gasteiger partial charge in [0, 0.05) is 49.3 Å². The average Bonchev–Trinajstić information content (AvgIpc) is 2.99. The summed E-state index contributed by atoms with van der Waals surface area (Å²) >= 11 is 0. The second-order valence-corrected chi connectivity index (χ2v) is 8.84. The fourth-order valence-corrected chi connectivity index (χ4v) is 5.72. The van der Waals surface area contributed by atoms with Crippen molar-refractivity contribution < 1.29 is 32.7 Å². The van der Waals surface area contributed by atoms with Crippen LogP contribution in [0.3, 0.4) is 0 Å². The first-order valence-corrected chi connectivity index (χ1v) is 8.64. The number of hydrogen-bond donors (Lipinski definition) is 0. The van der Waals surface area contributed by atoms with E-state index in [2.05, 4.69) is 62.3 Å². The maximum absolute atomic E-state index is 5.00. The molecule has 2 heterocycles. The predicted octanol–water partition coefficient (Wildman–Crippen LogP) is 5.10. The molecule has 0 fully saturated rings. The molecule has 0 aromatic carbocycles. The van der Waals surface area contributed by atoms with Crippen molar-refractivity contribution in [1.82, 2.24) is 4.98 Å². The van der Waals surface area contributed by atoms with Crippen molar-refractivity contribution in [3.8, 4) is 0 Å². The van der Waals surface area contributed by atoms with Crippen LogP contribution in [0.5, 0.6) is 0 Å². The first kappa shape index (κ1) is 18.3. The van der Waals surface area contributed by atoms with E-state index in [9.17, 15) is 0 Å². The van der Waals surface area contributed by atoms with Crippen LogP contribution in [0.4, 0.5) is 0 Å². The third-order valence-corrected chi connectivity index (χ3v) is 7.59. The number of aryl methyl sites for hydroxylation is 1. The molecule has 0 bridgehead atoms. The van der Waals surface area contributed by atoms with Gasteiger partial charge < -0.3 is 4.98 Å². The summed E-state index contributed by atoms with van der Waals surface area (Å²) in [5.41, 5.74) is 11.9. The van der Waals surface area contributed by atoms with E-state index in [1.165, 1.54) is 50.6 Å². The maximum Gasteiger partial charge on any atom is 0.0700 e. The molecule has 24 heavy (non-hydrogen) atoms. The van der Waals surface area contributed by atoms with Crippen LogP contribution in [0.25, 0.3) is 5.57 Å². The minimum atomic E-state index is 0. The molecule has 1 atom stereocenters. The zero-order valence-electron chi connectivity index (χ0n) is 16.5. The van der Waals surface area contributed by atoms with Crippen molar-refractivity contribution in [2.24, 2.45) is 15.8 Å². The molecule has 1 aliphatic heterocycles. The quantitative estimate of drug-likeness (QED) is 0.600. The fraction of sp³-hybridized carbons (Fsp3) is 0.571. The van der Waals surface area contributed by atoms with Crippen molar-refractivity contribution >= 4 is 11.3 Å². The molecule has 125 valence electrons. The van der Waals surface area contributed by atoms with Gasteiger partial charge in [-0.2, -0.15) is 5.69 Å². The summed E-state index contributed by atoms with van der Waals surface area (Å²) in [6.45, 7) is 20.8. The van der Waals surface area contributed by atoms with Crippen LogP contribution in [0, 0.1) is 24.7 Å². The Morgan fingerprint density at radius 2 is 1.42 bits per heavy atom. The Kier molecular flexibility index (Phi) is 3.69. The fourth-order valence-electron chi connectivity index (χ4n) is 5.72. The molecule has 0 N–H and O–H groups in total. The molecule has 4 rings (SSSR count). The van der Waals surface area contributed by atoms with Crippen LogP contribution in [0.2, 0.25) is 0 Å². The first-order chi connectivity index (χ1) is 10.5. The van der Waals surface area contributed by atoms with Crippen molar-refractivity contribution in [2.45, 2.75) is 67.7 Å². The number of hydrogen-bond acceptors (Lipinski definition) is 1. The molecule has 1 aromatic rings. The van der Waals surface area contributed by atoms with Gasteiger partial charge in [0.2, 0.25) is 0 Å². The van der Waals surface area contributed by atoms with Crippen molar-refractivity contribution in [3.05, 3.63) is 39.4 Å². The minimum absolute atomic E-state index is 0. The zero-order chi connectivity index (χ0) is 17.1. The number of allylic oxidation sites excluding steroid dienone is 3. The molecule has 0 saturated carbocycles. The summed E-state index contributed by atoms with van der Waals surface area (Å²) in [5.74, 6) is 0. The van der Waals surface area contributed by atoms with Crippen LogP contribution in [-0.4, -0.2) is 5.71 Å². The summed E-state index contributed by atoms with van der Waals surface area (Å²) < 4.78 is 0. The standard InChI is InChI=1S/C21H27N2.Y/c1-10-12(3)22-17-14(10)19(5,6)21(9)16(17)18-15(20(21,7)8)11(2)13(4)23-18;/h1-9H3;/q-1;. The monoisotopic (exact) mass is 396 g/mol. The minimum Gasteiger partial charge on any atom is -0.661 e. The van der Waals surface area contributed by atoms with E-state index >= 15 is 0 Å². The van der Waals surface area contributed by atoms with Gasteiger partial charge in [0.25, 0.3) is 0 Å². The maximum atomic E-state index is 5.00. The zero-order valence-corrected chi connectivity index (χ0v) is 19.3. The van der Waals surface area contributed by atoms with Crippen LogP contribution in [0.15, 0.2) is 21.8 Å². The second-order valence-electron chi connectivity index (χ2n) is 8.84. The van der Waals surface area contributed by atoms with Gasteiger partial charge in [-0.3, -0.25) is 4.99 Å². The third-order valence-electron chi connectivity index (χ3n) is 7.59. The summed E-state index contributed by atoms with van der Waals surface area (Å²) in [6, 6.07) is 0. The van der Waals surface area contributed by atoms with Gasteiger partial charge in [0.15, 0.2) is 0 Å². The molecule has 0 saturated heterocycles. The Morgan fingerprint density at radius 1 is 0.833 bits per heavy atom.